The third kappa shape index (κ3) is 3.70. The lowest BCUT2D eigenvalue weighted by molar-refractivity contribution is 0.0491. The summed E-state index contributed by atoms with van der Waals surface area (Å²) in [6.07, 6.45) is 1.06. The molecule has 1 fully saturated rings. The molecular formula is C13H17BrFNOS. The molecule has 18 heavy (non-hydrogen) atoms. The van der Waals surface area contributed by atoms with Crippen LogP contribution in [0.2, 0.25) is 0 Å². The Morgan fingerprint density at radius 2 is 2.44 bits per heavy atom. The highest BCUT2D eigenvalue weighted by molar-refractivity contribution is 9.10. The molecule has 2 unspecified atom stereocenters. The zero-order valence-electron chi connectivity index (χ0n) is 10.3. The summed E-state index contributed by atoms with van der Waals surface area (Å²) in [4.78, 5) is 0. The van der Waals surface area contributed by atoms with Crippen molar-refractivity contribution in [3.63, 3.8) is 0 Å². The monoisotopic (exact) mass is 333 g/mol. The average molecular weight is 334 g/mol. The first kappa shape index (κ1) is 14.3. The van der Waals surface area contributed by atoms with Crippen molar-refractivity contribution in [2.75, 3.05) is 25.2 Å². The van der Waals surface area contributed by atoms with Gasteiger partial charge in [0.1, 0.15) is 5.82 Å². The minimum Gasteiger partial charge on any atom is -0.375 e. The molecule has 1 aliphatic heterocycles. The van der Waals surface area contributed by atoms with Gasteiger partial charge in [-0.3, -0.25) is 0 Å². The van der Waals surface area contributed by atoms with E-state index >= 15 is 0 Å². The molecule has 0 radical (unpaired) electrons. The van der Waals surface area contributed by atoms with Gasteiger partial charge in [0.25, 0.3) is 0 Å². The zero-order valence-corrected chi connectivity index (χ0v) is 12.7. The Kier molecular flexibility index (Phi) is 5.48. The molecule has 1 N–H and O–H groups in total. The summed E-state index contributed by atoms with van der Waals surface area (Å²) in [5.74, 6) is 1.88. The summed E-state index contributed by atoms with van der Waals surface area (Å²) >= 11 is 5.34. The van der Waals surface area contributed by atoms with E-state index in [-0.39, 0.29) is 18.0 Å². The van der Waals surface area contributed by atoms with Crippen LogP contribution in [0.5, 0.6) is 0 Å². The van der Waals surface area contributed by atoms with Gasteiger partial charge in [-0.25, -0.2) is 4.39 Å². The Balaban J connectivity index is 2.04. The molecule has 0 amide bonds. The molecule has 0 spiro atoms. The number of benzene rings is 1. The molecular weight excluding hydrogens is 317 g/mol. The minimum absolute atomic E-state index is 0.212. The van der Waals surface area contributed by atoms with Crippen LogP contribution in [-0.2, 0) is 11.2 Å². The molecule has 1 aromatic rings. The molecule has 100 valence electrons. The van der Waals surface area contributed by atoms with E-state index in [4.69, 9.17) is 4.74 Å². The number of rotatable bonds is 4. The topological polar surface area (TPSA) is 21.3 Å². The van der Waals surface area contributed by atoms with Gasteiger partial charge in [-0.15, -0.1) is 0 Å². The lowest BCUT2D eigenvalue weighted by atomic mass is 10.0. The maximum absolute atomic E-state index is 13.0. The first-order chi connectivity index (χ1) is 8.70. The minimum atomic E-state index is -0.212. The molecule has 1 aliphatic rings. The van der Waals surface area contributed by atoms with Crippen molar-refractivity contribution in [2.45, 2.75) is 18.6 Å². The van der Waals surface area contributed by atoms with Crippen LogP contribution < -0.4 is 5.32 Å². The standard InChI is InChI=1S/C13H17BrFNOS/c1-16-12(13-8-18-5-4-17-13)6-9-2-3-10(15)7-11(9)14/h2-3,7,12-13,16H,4-6,8H2,1H3. The summed E-state index contributed by atoms with van der Waals surface area (Å²) in [6.45, 7) is 0.818. The van der Waals surface area contributed by atoms with Crippen molar-refractivity contribution in [3.8, 4) is 0 Å². The number of halogens is 2. The number of thioether (sulfide) groups is 1. The van der Waals surface area contributed by atoms with Gasteiger partial charge in [-0.05, 0) is 31.2 Å². The Bertz CT molecular complexity index is 399. The Labute approximate surface area is 120 Å². The van der Waals surface area contributed by atoms with Gasteiger partial charge in [-0.2, -0.15) is 11.8 Å². The van der Waals surface area contributed by atoms with Gasteiger partial charge >= 0.3 is 0 Å². The average Bonchev–Trinajstić information content (AvgIpc) is 2.39. The van der Waals surface area contributed by atoms with Crippen molar-refractivity contribution in [2.24, 2.45) is 0 Å². The molecule has 0 bridgehead atoms. The number of ether oxygens (including phenoxy) is 1. The van der Waals surface area contributed by atoms with Crippen molar-refractivity contribution in [3.05, 3.63) is 34.1 Å². The van der Waals surface area contributed by atoms with Crippen molar-refractivity contribution in [1.82, 2.24) is 5.32 Å². The van der Waals surface area contributed by atoms with E-state index in [1.54, 1.807) is 0 Å². The van der Waals surface area contributed by atoms with Gasteiger partial charge in [0.15, 0.2) is 0 Å². The summed E-state index contributed by atoms with van der Waals surface area (Å²) in [7, 11) is 1.95. The van der Waals surface area contributed by atoms with Gasteiger partial charge in [0.2, 0.25) is 0 Å². The molecule has 1 saturated heterocycles. The van der Waals surface area contributed by atoms with Gasteiger partial charge in [0.05, 0.1) is 12.7 Å². The number of likely N-dealkylation sites (N-methyl/N-ethyl adjacent to an activating group) is 1. The maximum atomic E-state index is 13.0. The lowest BCUT2D eigenvalue weighted by Gasteiger charge is -2.30. The second-order valence-corrected chi connectivity index (χ2v) is 6.32. The highest BCUT2D eigenvalue weighted by atomic mass is 79.9. The first-order valence-corrected chi connectivity index (χ1v) is 7.96. The molecule has 5 heteroatoms. The van der Waals surface area contributed by atoms with Crippen molar-refractivity contribution >= 4 is 27.7 Å². The quantitative estimate of drug-likeness (QED) is 0.915. The Morgan fingerprint density at radius 1 is 1.61 bits per heavy atom. The van der Waals surface area contributed by atoms with Crippen molar-refractivity contribution in [1.29, 1.82) is 0 Å². The van der Waals surface area contributed by atoms with E-state index in [0.29, 0.717) is 0 Å². The zero-order chi connectivity index (χ0) is 13.0. The molecule has 0 saturated carbocycles. The van der Waals surface area contributed by atoms with Crippen LogP contribution >= 0.6 is 27.7 Å². The molecule has 1 aromatic carbocycles. The van der Waals surface area contributed by atoms with Crippen molar-refractivity contribution < 1.29 is 9.13 Å². The van der Waals surface area contributed by atoms with E-state index < -0.39 is 0 Å². The van der Waals surface area contributed by atoms with Crippen LogP contribution in [0.15, 0.2) is 22.7 Å². The third-order valence-corrected chi connectivity index (χ3v) is 4.87. The van der Waals surface area contributed by atoms with Crippen LogP contribution in [0.1, 0.15) is 5.56 Å². The summed E-state index contributed by atoms with van der Waals surface area (Å²) in [6, 6.07) is 5.11. The molecule has 0 aliphatic carbocycles. The fourth-order valence-corrected chi connectivity index (χ4v) is 3.54. The molecule has 1 heterocycles. The maximum Gasteiger partial charge on any atom is 0.124 e. The Morgan fingerprint density at radius 3 is 3.06 bits per heavy atom. The summed E-state index contributed by atoms with van der Waals surface area (Å²) < 4.78 is 19.7. The smallest absolute Gasteiger partial charge is 0.124 e. The van der Waals surface area contributed by atoms with Crippen LogP contribution in [-0.4, -0.2) is 37.3 Å². The van der Waals surface area contributed by atoms with Crippen LogP contribution in [0.4, 0.5) is 4.39 Å². The second-order valence-electron chi connectivity index (χ2n) is 4.32. The first-order valence-electron chi connectivity index (χ1n) is 6.01. The van der Waals surface area contributed by atoms with E-state index in [0.717, 1.165) is 34.6 Å². The van der Waals surface area contributed by atoms with Crippen LogP contribution in [0.25, 0.3) is 0 Å². The van der Waals surface area contributed by atoms with Crippen LogP contribution in [0, 0.1) is 5.82 Å². The van der Waals surface area contributed by atoms with Gasteiger partial charge in [-0.1, -0.05) is 22.0 Å². The summed E-state index contributed by atoms with van der Waals surface area (Å²) in [5.41, 5.74) is 1.11. The molecule has 2 atom stereocenters. The highest BCUT2D eigenvalue weighted by Gasteiger charge is 2.24. The van der Waals surface area contributed by atoms with Gasteiger partial charge in [0, 0.05) is 22.0 Å². The predicted molar refractivity (Wildman–Crippen MR) is 77.7 cm³/mol. The van der Waals surface area contributed by atoms with E-state index in [2.05, 4.69) is 21.2 Å². The second kappa shape index (κ2) is 6.89. The summed E-state index contributed by atoms with van der Waals surface area (Å²) in [5, 5.41) is 3.31. The highest BCUT2D eigenvalue weighted by Crippen LogP contribution is 2.23. The third-order valence-electron chi connectivity index (χ3n) is 3.12. The fourth-order valence-electron chi connectivity index (χ4n) is 2.08. The Hall–Kier alpha value is -0.100. The fraction of sp³-hybridized carbons (Fsp3) is 0.538. The molecule has 2 nitrogen and oxygen atoms in total. The molecule has 2 rings (SSSR count). The molecule has 0 aromatic heterocycles. The van der Waals surface area contributed by atoms with E-state index in [1.165, 1.54) is 12.1 Å². The van der Waals surface area contributed by atoms with E-state index in [1.807, 2.05) is 24.9 Å². The number of nitrogens with one attached hydrogen (secondary N) is 1. The number of hydrogen-bond donors (Lipinski definition) is 1. The van der Waals surface area contributed by atoms with Gasteiger partial charge < -0.3 is 10.1 Å². The van der Waals surface area contributed by atoms with E-state index in [9.17, 15) is 4.39 Å². The lowest BCUT2D eigenvalue weighted by Crippen LogP contribution is -2.44. The SMILES string of the molecule is CNC(Cc1ccc(F)cc1Br)C1CSCCO1. The largest absolute Gasteiger partial charge is 0.375 e. The normalized spacial score (nSPS) is 21.8. The number of hydrogen-bond acceptors (Lipinski definition) is 3. The predicted octanol–water partition coefficient (Wildman–Crippen LogP) is 2.85. The van der Waals surface area contributed by atoms with Crippen LogP contribution in [0.3, 0.4) is 0 Å².